The minimum absolute atomic E-state index is 0.821. The minimum Gasteiger partial charge on any atom is -0.494 e. The van der Waals surface area contributed by atoms with Crippen LogP contribution in [0.2, 0.25) is 0 Å². The number of hydrogen-bond donors (Lipinski definition) is 0. The lowest BCUT2D eigenvalue weighted by atomic mass is 10.0. The third-order valence-electron chi connectivity index (χ3n) is 3.93. The Hall–Kier alpha value is -0.920. The molecule has 2 heteroatoms. The molecule has 0 amide bonds. The van der Waals surface area contributed by atoms with Gasteiger partial charge in [0.25, 0.3) is 0 Å². The molecular weight excluding hydrogens is 260 g/mol. The summed E-state index contributed by atoms with van der Waals surface area (Å²) in [6, 6.07) is 0. The maximum atomic E-state index is 5.98. The second-order valence-electron chi connectivity index (χ2n) is 6.10. The summed E-state index contributed by atoms with van der Waals surface area (Å²) in [4.78, 5) is 0. The normalized spacial score (nSPS) is 15.1. The molecule has 2 nitrogen and oxygen atoms in total. The molecule has 21 heavy (non-hydrogen) atoms. The zero-order valence-corrected chi connectivity index (χ0v) is 14.4. The van der Waals surface area contributed by atoms with Crippen molar-refractivity contribution in [2.24, 2.45) is 0 Å². The van der Waals surface area contributed by atoms with Crippen LogP contribution >= 0.6 is 0 Å². The Balaban J connectivity index is 2.35. The third-order valence-corrected chi connectivity index (χ3v) is 3.93. The Kier molecular flexibility index (Phi) is 10.1. The average molecular weight is 294 g/mol. The first-order valence-corrected chi connectivity index (χ1v) is 8.93. The summed E-state index contributed by atoms with van der Waals surface area (Å²) in [7, 11) is 0. The zero-order chi connectivity index (χ0) is 15.3. The van der Waals surface area contributed by atoms with Crippen LogP contribution in [0, 0.1) is 0 Å². The van der Waals surface area contributed by atoms with Gasteiger partial charge in [0.1, 0.15) is 5.76 Å². The third kappa shape index (κ3) is 8.18. The lowest BCUT2D eigenvalue weighted by Gasteiger charge is -2.20. The molecule has 1 aliphatic carbocycles. The lowest BCUT2D eigenvalue weighted by Crippen LogP contribution is -2.07. The van der Waals surface area contributed by atoms with Crippen LogP contribution in [-0.2, 0) is 9.47 Å². The zero-order valence-electron chi connectivity index (χ0n) is 14.4. The van der Waals surface area contributed by atoms with Crippen molar-refractivity contribution in [3.63, 3.8) is 0 Å². The van der Waals surface area contributed by atoms with E-state index in [-0.39, 0.29) is 0 Å². The van der Waals surface area contributed by atoms with E-state index < -0.39 is 0 Å². The molecule has 0 fully saturated rings. The van der Waals surface area contributed by atoms with Crippen molar-refractivity contribution in [2.45, 2.75) is 85.0 Å². The molecule has 0 aliphatic heterocycles. The van der Waals surface area contributed by atoms with E-state index in [4.69, 9.17) is 9.47 Å². The topological polar surface area (TPSA) is 18.5 Å². The smallest absolute Gasteiger partial charge is 0.156 e. The summed E-state index contributed by atoms with van der Waals surface area (Å²) in [5, 5.41) is 0. The minimum atomic E-state index is 0.821. The second kappa shape index (κ2) is 11.7. The molecule has 0 aromatic rings. The standard InChI is InChI=1S/C19H34O2/c1-4-6-8-10-14-20-18-13-12-17(3)16-19(18)21-15-11-9-7-5-2/h16H,4-15H2,1-3H3. The predicted octanol–water partition coefficient (Wildman–Crippen LogP) is 6.13. The van der Waals surface area contributed by atoms with Gasteiger partial charge in [-0.2, -0.15) is 0 Å². The number of unbranched alkanes of at least 4 members (excludes halogenated alkanes) is 6. The van der Waals surface area contributed by atoms with E-state index in [0.29, 0.717) is 0 Å². The maximum Gasteiger partial charge on any atom is 0.156 e. The van der Waals surface area contributed by atoms with E-state index in [0.717, 1.165) is 50.4 Å². The molecule has 0 heterocycles. The van der Waals surface area contributed by atoms with Crippen LogP contribution in [0.3, 0.4) is 0 Å². The van der Waals surface area contributed by atoms with E-state index in [1.165, 1.54) is 44.1 Å². The fraction of sp³-hybridized carbons (Fsp3) is 0.789. The fourth-order valence-electron chi connectivity index (χ4n) is 2.51. The Morgan fingerprint density at radius 3 is 2.05 bits per heavy atom. The monoisotopic (exact) mass is 294 g/mol. The molecule has 0 aromatic heterocycles. The van der Waals surface area contributed by atoms with Crippen LogP contribution in [0.5, 0.6) is 0 Å². The molecule has 122 valence electrons. The van der Waals surface area contributed by atoms with Gasteiger partial charge in [-0.05, 0) is 32.3 Å². The molecule has 0 N–H and O–H groups in total. The number of allylic oxidation sites excluding steroid dienone is 3. The highest BCUT2D eigenvalue weighted by molar-refractivity contribution is 5.25. The Morgan fingerprint density at radius 1 is 0.810 bits per heavy atom. The molecule has 0 saturated carbocycles. The van der Waals surface area contributed by atoms with E-state index in [2.05, 4.69) is 26.8 Å². The maximum absolute atomic E-state index is 5.98. The summed E-state index contributed by atoms with van der Waals surface area (Å²) in [5.41, 5.74) is 1.40. The van der Waals surface area contributed by atoms with Crippen LogP contribution in [-0.4, -0.2) is 13.2 Å². The summed E-state index contributed by atoms with van der Waals surface area (Å²) < 4.78 is 11.9. The highest BCUT2D eigenvalue weighted by atomic mass is 16.5. The molecule has 0 bridgehead atoms. The number of rotatable bonds is 12. The van der Waals surface area contributed by atoms with Gasteiger partial charge in [0.2, 0.25) is 0 Å². The van der Waals surface area contributed by atoms with Gasteiger partial charge in [-0.1, -0.05) is 57.9 Å². The van der Waals surface area contributed by atoms with Crippen molar-refractivity contribution >= 4 is 0 Å². The van der Waals surface area contributed by atoms with Gasteiger partial charge >= 0.3 is 0 Å². The first-order valence-electron chi connectivity index (χ1n) is 8.93. The van der Waals surface area contributed by atoms with Crippen molar-refractivity contribution in [3.05, 3.63) is 23.2 Å². The molecule has 1 aliphatic rings. The number of hydrogen-bond acceptors (Lipinski definition) is 2. The SMILES string of the molecule is CCCCCCOC1=C(OCCCCCC)CCC(C)=C1. The van der Waals surface area contributed by atoms with Crippen LogP contribution in [0.4, 0.5) is 0 Å². The molecule has 0 spiro atoms. The first-order chi connectivity index (χ1) is 10.3. The fourth-order valence-corrected chi connectivity index (χ4v) is 2.51. The molecule has 0 radical (unpaired) electrons. The van der Waals surface area contributed by atoms with E-state index in [1.807, 2.05) is 0 Å². The van der Waals surface area contributed by atoms with Crippen molar-refractivity contribution in [1.82, 2.24) is 0 Å². The summed E-state index contributed by atoms with van der Waals surface area (Å²) >= 11 is 0. The van der Waals surface area contributed by atoms with Gasteiger partial charge in [0, 0.05) is 6.42 Å². The van der Waals surface area contributed by atoms with Crippen LogP contribution < -0.4 is 0 Å². The van der Waals surface area contributed by atoms with Gasteiger partial charge in [-0.3, -0.25) is 0 Å². The predicted molar refractivity (Wildman–Crippen MR) is 90.2 cm³/mol. The number of ether oxygens (including phenoxy) is 2. The Morgan fingerprint density at radius 2 is 1.43 bits per heavy atom. The van der Waals surface area contributed by atoms with Crippen molar-refractivity contribution in [2.75, 3.05) is 13.2 Å². The molecule has 0 saturated heterocycles. The van der Waals surface area contributed by atoms with Gasteiger partial charge in [-0.15, -0.1) is 0 Å². The average Bonchev–Trinajstić information content (AvgIpc) is 2.48. The molecule has 0 aromatic carbocycles. The van der Waals surface area contributed by atoms with Gasteiger partial charge in [-0.25, -0.2) is 0 Å². The van der Waals surface area contributed by atoms with Gasteiger partial charge in [0.05, 0.1) is 13.2 Å². The lowest BCUT2D eigenvalue weighted by molar-refractivity contribution is 0.146. The largest absolute Gasteiger partial charge is 0.494 e. The quantitative estimate of drug-likeness (QED) is 0.403. The van der Waals surface area contributed by atoms with E-state index in [1.54, 1.807) is 0 Å². The molecular formula is C19H34O2. The first kappa shape index (κ1) is 18.1. The Labute approximate surface area is 131 Å². The Bertz CT molecular complexity index is 328. The van der Waals surface area contributed by atoms with Crippen molar-refractivity contribution < 1.29 is 9.47 Å². The molecule has 0 atom stereocenters. The molecule has 0 unspecified atom stereocenters. The van der Waals surface area contributed by atoms with Crippen LogP contribution in [0.15, 0.2) is 23.2 Å². The highest BCUT2D eigenvalue weighted by Crippen LogP contribution is 2.26. The molecule has 1 rings (SSSR count). The van der Waals surface area contributed by atoms with Gasteiger partial charge < -0.3 is 9.47 Å². The second-order valence-corrected chi connectivity index (χ2v) is 6.10. The summed E-state index contributed by atoms with van der Waals surface area (Å²) in [5.74, 6) is 2.07. The van der Waals surface area contributed by atoms with E-state index >= 15 is 0 Å². The highest BCUT2D eigenvalue weighted by Gasteiger charge is 2.14. The van der Waals surface area contributed by atoms with Crippen molar-refractivity contribution in [3.8, 4) is 0 Å². The summed E-state index contributed by atoms with van der Waals surface area (Å²) in [6.45, 7) is 8.31. The van der Waals surface area contributed by atoms with Gasteiger partial charge in [0.15, 0.2) is 5.76 Å². The summed E-state index contributed by atoms with van der Waals surface area (Å²) in [6.07, 6.45) is 14.3. The van der Waals surface area contributed by atoms with Crippen LogP contribution in [0.25, 0.3) is 0 Å². The van der Waals surface area contributed by atoms with Crippen LogP contribution in [0.1, 0.15) is 85.0 Å². The van der Waals surface area contributed by atoms with Crippen molar-refractivity contribution in [1.29, 1.82) is 0 Å². The van der Waals surface area contributed by atoms with E-state index in [9.17, 15) is 0 Å².